The van der Waals surface area contributed by atoms with Crippen LogP contribution in [0.2, 0.25) is 0 Å². The molecule has 1 aliphatic rings. The van der Waals surface area contributed by atoms with Gasteiger partial charge in [0.05, 0.1) is 12.1 Å². The van der Waals surface area contributed by atoms with Crippen LogP contribution in [0.1, 0.15) is 25.5 Å². The fourth-order valence-corrected chi connectivity index (χ4v) is 2.87. The molecule has 1 aliphatic heterocycles. The largest absolute Gasteiger partial charge is 0.573 e. The highest BCUT2D eigenvalue weighted by molar-refractivity contribution is 5.89. The number of aromatic nitrogens is 2. The van der Waals surface area contributed by atoms with E-state index in [0.29, 0.717) is 5.56 Å². The minimum absolute atomic E-state index is 0.0334. The van der Waals surface area contributed by atoms with Crippen molar-refractivity contribution in [3.63, 3.8) is 0 Å². The Labute approximate surface area is 164 Å². The van der Waals surface area contributed by atoms with Gasteiger partial charge in [-0.25, -0.2) is 9.78 Å². The fourth-order valence-electron chi connectivity index (χ4n) is 2.87. The van der Waals surface area contributed by atoms with Gasteiger partial charge in [-0.15, -0.1) is 13.2 Å². The summed E-state index contributed by atoms with van der Waals surface area (Å²) in [6.07, 6.45) is -4.82. The second-order valence-electron chi connectivity index (χ2n) is 6.48. The number of carbonyl (C=O) groups excluding carboxylic acids is 1. The van der Waals surface area contributed by atoms with Crippen LogP contribution in [-0.2, 0) is 4.74 Å². The van der Waals surface area contributed by atoms with Crippen molar-refractivity contribution in [3.8, 4) is 5.75 Å². The Morgan fingerprint density at radius 2 is 2.10 bits per heavy atom. The first kappa shape index (κ1) is 20.6. The molecule has 0 aliphatic carbocycles. The van der Waals surface area contributed by atoms with Crippen molar-refractivity contribution in [2.45, 2.75) is 38.4 Å². The molecule has 0 bridgehead atoms. The minimum atomic E-state index is -4.78. The fraction of sp³-hybridized carbons (Fsp3) is 0.389. The Kier molecular flexibility index (Phi) is 5.78. The number of nitrogens with zero attached hydrogens (tertiary/aromatic N) is 3. The Morgan fingerprint density at radius 1 is 1.34 bits per heavy atom. The lowest BCUT2D eigenvalue weighted by Crippen LogP contribution is -2.41. The van der Waals surface area contributed by atoms with E-state index in [1.807, 2.05) is 0 Å². The van der Waals surface area contributed by atoms with Gasteiger partial charge in [0.1, 0.15) is 24.2 Å². The number of benzene rings is 1. The summed E-state index contributed by atoms with van der Waals surface area (Å²) in [5, 5.41) is 12.8. The molecule has 1 fully saturated rings. The number of alkyl halides is 3. The van der Waals surface area contributed by atoms with Gasteiger partial charge in [-0.2, -0.15) is 4.98 Å². The summed E-state index contributed by atoms with van der Waals surface area (Å²) in [6.45, 7) is 3.29. The predicted molar refractivity (Wildman–Crippen MR) is 96.5 cm³/mol. The first-order valence-corrected chi connectivity index (χ1v) is 8.73. The Hall–Kier alpha value is -3.08. The summed E-state index contributed by atoms with van der Waals surface area (Å²) in [5.41, 5.74) is 0.517. The summed E-state index contributed by atoms with van der Waals surface area (Å²) in [6, 6.07) is 5.99. The van der Waals surface area contributed by atoms with Crippen molar-refractivity contribution in [1.29, 1.82) is 0 Å². The lowest BCUT2D eigenvalue weighted by Gasteiger charge is -2.23. The van der Waals surface area contributed by atoms with Crippen LogP contribution in [0.5, 0.6) is 5.75 Å². The maximum absolute atomic E-state index is 12.4. The second kappa shape index (κ2) is 8.11. The molecule has 29 heavy (non-hydrogen) atoms. The molecule has 0 radical (unpaired) electrons. The van der Waals surface area contributed by atoms with Gasteiger partial charge in [0.25, 0.3) is 0 Å². The van der Waals surface area contributed by atoms with Gasteiger partial charge in [-0.1, -0.05) is 12.1 Å². The molecule has 0 spiro atoms. The molecule has 156 valence electrons. The van der Waals surface area contributed by atoms with E-state index < -0.39 is 30.6 Å². The summed E-state index contributed by atoms with van der Waals surface area (Å²) in [7, 11) is 0. The van der Waals surface area contributed by atoms with Gasteiger partial charge in [0, 0.05) is 6.20 Å². The van der Waals surface area contributed by atoms with E-state index in [9.17, 15) is 23.1 Å². The SMILES string of the molecule is C[C@H](Nc1nccc(N2C(=O)OCC2[C@@H](C)O)n1)c1cccc(OC(F)(F)F)c1. The average molecular weight is 412 g/mol. The number of aliphatic hydroxyl groups excluding tert-OH is 1. The van der Waals surface area contributed by atoms with Crippen LogP contribution in [0.3, 0.4) is 0 Å². The van der Waals surface area contributed by atoms with Gasteiger partial charge in [-0.05, 0) is 37.6 Å². The number of halogens is 3. The Bertz CT molecular complexity index is 878. The normalized spacial score (nSPS) is 18.9. The number of anilines is 2. The van der Waals surface area contributed by atoms with E-state index in [-0.39, 0.29) is 24.1 Å². The lowest BCUT2D eigenvalue weighted by atomic mass is 10.1. The van der Waals surface area contributed by atoms with Crippen molar-refractivity contribution in [1.82, 2.24) is 9.97 Å². The lowest BCUT2D eigenvalue weighted by molar-refractivity contribution is -0.274. The number of carbonyl (C=O) groups is 1. The summed E-state index contributed by atoms with van der Waals surface area (Å²) >= 11 is 0. The molecule has 2 N–H and O–H groups in total. The van der Waals surface area contributed by atoms with E-state index in [1.165, 1.54) is 42.3 Å². The van der Waals surface area contributed by atoms with E-state index in [1.54, 1.807) is 13.0 Å². The van der Waals surface area contributed by atoms with E-state index in [2.05, 4.69) is 20.0 Å². The first-order valence-electron chi connectivity index (χ1n) is 8.73. The van der Waals surface area contributed by atoms with Crippen LogP contribution in [0, 0.1) is 0 Å². The van der Waals surface area contributed by atoms with Crippen LogP contribution in [0.25, 0.3) is 0 Å². The number of ether oxygens (including phenoxy) is 2. The van der Waals surface area contributed by atoms with E-state index in [0.717, 1.165) is 0 Å². The molecule has 0 saturated carbocycles. The number of amides is 1. The van der Waals surface area contributed by atoms with Crippen LogP contribution < -0.4 is 15.0 Å². The van der Waals surface area contributed by atoms with E-state index in [4.69, 9.17) is 4.74 Å². The van der Waals surface area contributed by atoms with Crippen molar-refractivity contribution in [2.75, 3.05) is 16.8 Å². The molecular weight excluding hydrogens is 393 g/mol. The van der Waals surface area contributed by atoms with Crippen LogP contribution in [-0.4, -0.2) is 46.3 Å². The number of hydrogen-bond donors (Lipinski definition) is 2. The molecule has 1 amide bonds. The number of nitrogens with one attached hydrogen (secondary N) is 1. The standard InChI is InChI=1S/C18H19F3N4O4/c1-10(12-4-3-5-13(8-12)29-18(19,20)21)23-16-22-7-6-15(24-16)25-14(11(2)26)9-28-17(25)27/h3-8,10-11,14,26H,9H2,1-2H3,(H,22,23,24)/t10-,11+,14?/m0/s1. The first-order chi connectivity index (χ1) is 13.6. The highest BCUT2D eigenvalue weighted by Crippen LogP contribution is 2.28. The maximum Gasteiger partial charge on any atom is 0.573 e. The van der Waals surface area contributed by atoms with Gasteiger partial charge in [-0.3, -0.25) is 4.90 Å². The highest BCUT2D eigenvalue weighted by Gasteiger charge is 2.38. The molecule has 3 atom stereocenters. The predicted octanol–water partition coefficient (Wildman–Crippen LogP) is 3.25. The average Bonchev–Trinajstić information content (AvgIpc) is 3.02. The number of rotatable bonds is 6. The molecule has 1 aromatic carbocycles. The van der Waals surface area contributed by atoms with E-state index >= 15 is 0 Å². The van der Waals surface area contributed by atoms with Crippen molar-refractivity contribution in [3.05, 3.63) is 42.1 Å². The van der Waals surface area contributed by atoms with Gasteiger partial charge < -0.3 is 19.9 Å². The molecular formula is C18H19F3N4O4. The third-order valence-electron chi connectivity index (χ3n) is 4.29. The monoisotopic (exact) mass is 412 g/mol. The van der Waals surface area contributed by atoms with Crippen LogP contribution in [0.4, 0.5) is 29.7 Å². The highest BCUT2D eigenvalue weighted by atomic mass is 19.4. The van der Waals surface area contributed by atoms with Gasteiger partial charge >= 0.3 is 12.5 Å². The van der Waals surface area contributed by atoms with Crippen molar-refractivity contribution in [2.24, 2.45) is 0 Å². The quantitative estimate of drug-likeness (QED) is 0.752. The molecule has 3 rings (SSSR count). The zero-order valence-electron chi connectivity index (χ0n) is 15.6. The third kappa shape index (κ3) is 5.05. The topological polar surface area (TPSA) is 96.8 Å². The summed E-state index contributed by atoms with van der Waals surface area (Å²) in [5.74, 6) is 0.0522. The van der Waals surface area contributed by atoms with Crippen LogP contribution in [0.15, 0.2) is 36.5 Å². The second-order valence-corrected chi connectivity index (χ2v) is 6.48. The number of cyclic esters (lactones) is 1. The van der Waals surface area contributed by atoms with Crippen LogP contribution >= 0.6 is 0 Å². The molecule has 1 unspecified atom stereocenters. The number of hydrogen-bond acceptors (Lipinski definition) is 7. The van der Waals surface area contributed by atoms with Crippen molar-refractivity contribution >= 4 is 17.9 Å². The maximum atomic E-state index is 12.4. The number of aliphatic hydroxyl groups is 1. The Balaban J connectivity index is 1.77. The minimum Gasteiger partial charge on any atom is -0.447 e. The van der Waals surface area contributed by atoms with Gasteiger partial charge in [0.2, 0.25) is 5.95 Å². The molecule has 1 aromatic heterocycles. The molecule has 2 heterocycles. The molecule has 11 heteroatoms. The summed E-state index contributed by atoms with van der Waals surface area (Å²) < 4.78 is 46.2. The third-order valence-corrected chi connectivity index (χ3v) is 4.29. The molecule has 1 saturated heterocycles. The zero-order valence-corrected chi connectivity index (χ0v) is 15.6. The smallest absolute Gasteiger partial charge is 0.447 e. The molecule has 8 nitrogen and oxygen atoms in total. The van der Waals surface area contributed by atoms with Gasteiger partial charge in [0.15, 0.2) is 0 Å². The molecule has 2 aromatic rings. The zero-order chi connectivity index (χ0) is 21.2. The summed E-state index contributed by atoms with van der Waals surface area (Å²) in [4.78, 5) is 21.6. The Morgan fingerprint density at radius 3 is 2.79 bits per heavy atom. The van der Waals surface area contributed by atoms with Crippen molar-refractivity contribution < 1.29 is 32.5 Å².